The first kappa shape index (κ1) is 12.8. The van der Waals surface area contributed by atoms with Crippen LogP contribution in [-0.4, -0.2) is 35.8 Å². The van der Waals surface area contributed by atoms with E-state index in [1.807, 2.05) is 0 Å². The average Bonchev–Trinajstić information content (AvgIpc) is 2.47. The largest absolute Gasteiger partial charge is 0.475 e. The van der Waals surface area contributed by atoms with Crippen molar-refractivity contribution in [3.05, 3.63) is 0 Å². The van der Waals surface area contributed by atoms with Gasteiger partial charge < -0.3 is 0 Å². The standard InChI is InChI=1S/C5H3F8N3/c6-3(7,8)2-15-14-1-16(2)5(12,13)4(9,10)11/h14H,1H2. The summed E-state index contributed by atoms with van der Waals surface area (Å²) >= 11 is 0. The third-order valence-electron chi connectivity index (χ3n) is 1.60. The van der Waals surface area contributed by atoms with Gasteiger partial charge in [-0.2, -0.15) is 40.2 Å². The molecule has 0 spiro atoms. The van der Waals surface area contributed by atoms with Gasteiger partial charge in [0.1, 0.15) is 6.67 Å². The Morgan fingerprint density at radius 1 is 1.00 bits per heavy atom. The minimum absolute atomic E-state index is 1.19. The first-order chi connectivity index (χ1) is 6.98. The van der Waals surface area contributed by atoms with Crippen molar-refractivity contribution in [1.29, 1.82) is 0 Å². The van der Waals surface area contributed by atoms with Crippen molar-refractivity contribution < 1.29 is 35.1 Å². The molecular weight excluding hydrogens is 254 g/mol. The molecule has 3 nitrogen and oxygen atoms in total. The van der Waals surface area contributed by atoms with Gasteiger partial charge in [-0.25, -0.2) is 0 Å². The fraction of sp³-hybridized carbons (Fsp3) is 0.800. The summed E-state index contributed by atoms with van der Waals surface area (Å²) in [5, 5.41) is 2.36. The summed E-state index contributed by atoms with van der Waals surface area (Å²) in [6, 6.07) is -5.63. The predicted molar refractivity (Wildman–Crippen MR) is 34.3 cm³/mol. The number of rotatable bonds is 1. The SMILES string of the molecule is FC(F)(F)C1=NNCN1C(F)(F)C(F)(F)F. The Balaban J connectivity index is 3.03. The van der Waals surface area contributed by atoms with Crippen molar-refractivity contribution in [3.63, 3.8) is 0 Å². The van der Waals surface area contributed by atoms with Gasteiger partial charge in [0.15, 0.2) is 0 Å². The Morgan fingerprint density at radius 2 is 1.50 bits per heavy atom. The number of nitrogens with zero attached hydrogens (tertiary/aromatic N) is 2. The van der Waals surface area contributed by atoms with Crippen molar-refractivity contribution in [2.75, 3.05) is 6.67 Å². The maximum absolute atomic E-state index is 12.6. The number of amidine groups is 1. The number of hydrogen-bond donors (Lipinski definition) is 1. The summed E-state index contributed by atoms with van der Waals surface area (Å²) in [6.45, 7) is -1.37. The molecule has 11 heteroatoms. The number of hydrazone groups is 1. The van der Waals surface area contributed by atoms with E-state index in [0.717, 1.165) is 0 Å². The Hall–Kier alpha value is -1.29. The van der Waals surface area contributed by atoms with E-state index in [9.17, 15) is 35.1 Å². The molecule has 1 N–H and O–H groups in total. The second kappa shape index (κ2) is 3.35. The molecule has 0 fully saturated rings. The lowest BCUT2D eigenvalue weighted by molar-refractivity contribution is -0.328. The molecule has 0 aromatic carbocycles. The van der Waals surface area contributed by atoms with Crippen molar-refractivity contribution in [2.45, 2.75) is 18.4 Å². The second-order valence-electron chi connectivity index (χ2n) is 2.72. The van der Waals surface area contributed by atoms with Crippen LogP contribution in [0.5, 0.6) is 0 Å². The van der Waals surface area contributed by atoms with Crippen molar-refractivity contribution in [3.8, 4) is 0 Å². The summed E-state index contributed by atoms with van der Waals surface area (Å²) in [5.41, 5.74) is 1.42. The average molecular weight is 257 g/mol. The molecule has 0 saturated carbocycles. The molecule has 1 rings (SSSR count). The first-order valence-electron chi connectivity index (χ1n) is 3.58. The molecule has 0 radical (unpaired) electrons. The monoisotopic (exact) mass is 257 g/mol. The Bertz CT molecular complexity index is 302. The lowest BCUT2D eigenvalue weighted by Gasteiger charge is -2.30. The van der Waals surface area contributed by atoms with Crippen LogP contribution in [0.1, 0.15) is 0 Å². The highest BCUT2D eigenvalue weighted by atomic mass is 19.4. The van der Waals surface area contributed by atoms with E-state index in [-0.39, 0.29) is 0 Å². The van der Waals surface area contributed by atoms with Crippen molar-refractivity contribution in [2.24, 2.45) is 5.10 Å². The van der Waals surface area contributed by atoms with E-state index in [1.165, 1.54) is 5.43 Å². The molecule has 94 valence electrons. The molecule has 0 aromatic rings. The second-order valence-corrected chi connectivity index (χ2v) is 2.72. The van der Waals surface area contributed by atoms with Crippen LogP contribution in [0.25, 0.3) is 0 Å². The molecule has 0 aliphatic carbocycles. The molecule has 0 amide bonds. The zero-order valence-electron chi connectivity index (χ0n) is 7.13. The Kier molecular flexibility index (Phi) is 2.68. The van der Waals surface area contributed by atoms with Gasteiger partial charge in [0.25, 0.3) is 0 Å². The lowest BCUT2D eigenvalue weighted by Crippen LogP contribution is -2.57. The van der Waals surface area contributed by atoms with Crippen LogP contribution in [-0.2, 0) is 0 Å². The summed E-state index contributed by atoms with van der Waals surface area (Å²) < 4.78 is 96.7. The fourth-order valence-electron chi connectivity index (χ4n) is 0.918. The Morgan fingerprint density at radius 3 is 1.88 bits per heavy atom. The van der Waals surface area contributed by atoms with Gasteiger partial charge in [-0.3, -0.25) is 10.3 Å². The van der Waals surface area contributed by atoms with E-state index in [2.05, 4.69) is 5.10 Å². The summed E-state index contributed by atoms with van der Waals surface area (Å²) in [5.74, 6) is -2.31. The summed E-state index contributed by atoms with van der Waals surface area (Å²) in [4.78, 5) is -1.19. The quantitative estimate of drug-likeness (QED) is 0.573. The molecule has 0 unspecified atom stereocenters. The molecule has 1 heterocycles. The van der Waals surface area contributed by atoms with Gasteiger partial charge in [0.2, 0.25) is 5.84 Å². The molecule has 0 atom stereocenters. The molecule has 1 aliphatic rings. The highest BCUT2D eigenvalue weighted by Gasteiger charge is 2.66. The smallest absolute Gasteiger partial charge is 0.288 e. The van der Waals surface area contributed by atoms with Crippen LogP contribution < -0.4 is 5.43 Å². The fourth-order valence-corrected chi connectivity index (χ4v) is 0.918. The lowest BCUT2D eigenvalue weighted by atomic mass is 10.4. The maximum atomic E-state index is 12.6. The van der Waals surface area contributed by atoms with E-state index in [1.54, 1.807) is 0 Å². The zero-order chi connectivity index (χ0) is 12.8. The highest BCUT2D eigenvalue weighted by molar-refractivity contribution is 5.88. The number of hydrogen-bond acceptors (Lipinski definition) is 3. The van der Waals surface area contributed by atoms with Crippen LogP contribution in [0.2, 0.25) is 0 Å². The zero-order valence-corrected chi connectivity index (χ0v) is 7.13. The van der Waals surface area contributed by atoms with Gasteiger partial charge in [0, 0.05) is 0 Å². The number of nitrogens with one attached hydrogen (secondary N) is 1. The van der Waals surface area contributed by atoms with E-state index in [4.69, 9.17) is 0 Å². The van der Waals surface area contributed by atoms with Crippen LogP contribution in [0.15, 0.2) is 5.10 Å². The topological polar surface area (TPSA) is 27.6 Å². The first-order valence-corrected chi connectivity index (χ1v) is 3.58. The minimum atomic E-state index is -6.12. The number of halogens is 8. The van der Waals surface area contributed by atoms with Crippen LogP contribution in [0.4, 0.5) is 35.1 Å². The van der Waals surface area contributed by atoms with Crippen molar-refractivity contribution in [1.82, 2.24) is 10.3 Å². The molecule has 0 aromatic heterocycles. The molecule has 1 aliphatic heterocycles. The summed E-state index contributed by atoms with van der Waals surface area (Å²) in [7, 11) is 0. The van der Waals surface area contributed by atoms with Gasteiger partial charge in [0.05, 0.1) is 0 Å². The number of alkyl halides is 8. The molecule has 16 heavy (non-hydrogen) atoms. The minimum Gasteiger partial charge on any atom is -0.288 e. The molecule has 0 bridgehead atoms. The molecule has 0 saturated heterocycles. The highest BCUT2D eigenvalue weighted by Crippen LogP contribution is 2.40. The Labute approximate surface area is 82.7 Å². The van der Waals surface area contributed by atoms with Gasteiger partial charge in [-0.05, 0) is 0 Å². The van der Waals surface area contributed by atoms with Crippen LogP contribution in [0.3, 0.4) is 0 Å². The summed E-state index contributed by atoms with van der Waals surface area (Å²) in [6.07, 6.45) is -11.5. The van der Waals surface area contributed by atoms with E-state index in [0.29, 0.717) is 0 Å². The predicted octanol–water partition coefficient (Wildman–Crippen LogP) is 1.88. The maximum Gasteiger partial charge on any atom is 0.475 e. The normalized spacial score (nSPS) is 18.5. The van der Waals surface area contributed by atoms with E-state index < -0.39 is 35.8 Å². The molecular formula is C5H3F8N3. The van der Waals surface area contributed by atoms with Crippen molar-refractivity contribution >= 4 is 5.84 Å². The van der Waals surface area contributed by atoms with Gasteiger partial charge >= 0.3 is 18.4 Å². The van der Waals surface area contributed by atoms with Crippen LogP contribution in [0, 0.1) is 0 Å². The van der Waals surface area contributed by atoms with Gasteiger partial charge in [-0.1, -0.05) is 0 Å². The third-order valence-corrected chi connectivity index (χ3v) is 1.60. The van der Waals surface area contributed by atoms with Gasteiger partial charge in [-0.15, -0.1) is 0 Å². The van der Waals surface area contributed by atoms with Crippen LogP contribution >= 0.6 is 0 Å². The third kappa shape index (κ3) is 1.97. The van der Waals surface area contributed by atoms with E-state index >= 15 is 0 Å².